The van der Waals surface area contributed by atoms with Crippen LogP contribution in [0.1, 0.15) is 10.4 Å². The number of pyridine rings is 1. The summed E-state index contributed by atoms with van der Waals surface area (Å²) in [6, 6.07) is 12.8. The zero-order chi connectivity index (χ0) is 23.6. The third-order valence-corrected chi connectivity index (χ3v) is 6.82. The van der Waals surface area contributed by atoms with Gasteiger partial charge in [0, 0.05) is 43.8 Å². The number of nitrogens with one attached hydrogen (secondary N) is 1. The maximum absolute atomic E-state index is 13.0. The SMILES string of the molecule is COc1cc(NS(=O)(=O)c2cccc3cccnc23)ccc1C(=O)N1CCN(C(=O)O)CC1. The molecule has 2 aromatic carbocycles. The van der Waals surface area contributed by atoms with Crippen LogP contribution in [-0.2, 0) is 10.0 Å². The summed E-state index contributed by atoms with van der Waals surface area (Å²) in [5.41, 5.74) is 0.842. The number of aromatic nitrogens is 1. The third-order valence-electron chi connectivity index (χ3n) is 5.41. The molecule has 0 radical (unpaired) electrons. The number of ether oxygens (including phenoxy) is 1. The first kappa shape index (κ1) is 22.3. The van der Waals surface area contributed by atoms with Gasteiger partial charge in [0.15, 0.2) is 0 Å². The Kier molecular flexibility index (Phi) is 6.05. The standard InChI is InChI=1S/C22H22N4O6S/c1-32-18-14-16(7-8-17(18)21(27)25-10-12-26(13-11-25)22(28)29)24-33(30,31)19-6-2-4-15-5-3-9-23-20(15)19/h2-9,14,24H,10-13H2,1H3,(H,28,29). The smallest absolute Gasteiger partial charge is 0.407 e. The van der Waals surface area contributed by atoms with Crippen molar-refractivity contribution in [3.8, 4) is 5.75 Å². The molecule has 0 aliphatic carbocycles. The fourth-order valence-electron chi connectivity index (χ4n) is 3.71. The van der Waals surface area contributed by atoms with Crippen LogP contribution in [0.3, 0.4) is 0 Å². The Morgan fingerprint density at radius 1 is 1.03 bits per heavy atom. The number of hydrogen-bond donors (Lipinski definition) is 2. The highest BCUT2D eigenvalue weighted by molar-refractivity contribution is 7.93. The lowest BCUT2D eigenvalue weighted by atomic mass is 10.1. The molecule has 10 nitrogen and oxygen atoms in total. The average molecular weight is 471 g/mol. The van der Waals surface area contributed by atoms with Crippen molar-refractivity contribution in [1.29, 1.82) is 0 Å². The summed E-state index contributed by atoms with van der Waals surface area (Å²) in [5.74, 6) is -0.110. The molecule has 2 heterocycles. The van der Waals surface area contributed by atoms with Crippen molar-refractivity contribution >= 4 is 38.6 Å². The van der Waals surface area contributed by atoms with Crippen LogP contribution >= 0.6 is 0 Å². The van der Waals surface area contributed by atoms with Gasteiger partial charge in [-0.15, -0.1) is 0 Å². The number of benzene rings is 2. The lowest BCUT2D eigenvalue weighted by molar-refractivity contribution is 0.0622. The molecule has 1 fully saturated rings. The molecule has 0 bridgehead atoms. The normalized spacial score (nSPS) is 14.2. The molecule has 4 rings (SSSR count). The van der Waals surface area contributed by atoms with Gasteiger partial charge in [-0.2, -0.15) is 0 Å². The Morgan fingerprint density at radius 3 is 2.42 bits per heavy atom. The molecular weight excluding hydrogens is 448 g/mol. The molecular formula is C22H22N4O6S. The van der Waals surface area contributed by atoms with Gasteiger partial charge in [-0.05, 0) is 24.3 Å². The van der Waals surface area contributed by atoms with Crippen LogP contribution in [0, 0.1) is 0 Å². The van der Waals surface area contributed by atoms with Gasteiger partial charge in [0.1, 0.15) is 10.6 Å². The molecule has 1 saturated heterocycles. The van der Waals surface area contributed by atoms with Crippen LogP contribution < -0.4 is 9.46 Å². The van der Waals surface area contributed by atoms with Gasteiger partial charge in [-0.1, -0.05) is 18.2 Å². The summed E-state index contributed by atoms with van der Waals surface area (Å²) in [4.78, 5) is 31.1. The van der Waals surface area contributed by atoms with E-state index in [-0.39, 0.29) is 54.0 Å². The molecule has 0 spiro atoms. The number of carboxylic acid groups (broad SMARTS) is 1. The summed E-state index contributed by atoms with van der Waals surface area (Å²) >= 11 is 0. The molecule has 1 aliphatic rings. The number of nitrogens with zero attached hydrogens (tertiary/aromatic N) is 3. The minimum Gasteiger partial charge on any atom is -0.496 e. The monoisotopic (exact) mass is 470 g/mol. The number of carbonyl (C=O) groups is 2. The van der Waals surface area contributed by atoms with E-state index in [0.29, 0.717) is 10.9 Å². The summed E-state index contributed by atoms with van der Waals surface area (Å²) in [6.07, 6.45) is 0.513. The quantitative estimate of drug-likeness (QED) is 0.586. The highest BCUT2D eigenvalue weighted by Crippen LogP contribution is 2.28. The Morgan fingerprint density at radius 2 is 1.73 bits per heavy atom. The number of piperazine rings is 1. The third kappa shape index (κ3) is 4.53. The van der Waals surface area contributed by atoms with Gasteiger partial charge in [0.2, 0.25) is 0 Å². The molecule has 172 valence electrons. The van der Waals surface area contributed by atoms with Crippen molar-refractivity contribution in [2.75, 3.05) is 38.0 Å². The van der Waals surface area contributed by atoms with Gasteiger partial charge in [0.05, 0.1) is 23.9 Å². The molecule has 2 N–H and O–H groups in total. The van der Waals surface area contributed by atoms with Crippen molar-refractivity contribution in [2.24, 2.45) is 0 Å². The van der Waals surface area contributed by atoms with E-state index in [1.807, 2.05) is 0 Å². The molecule has 11 heteroatoms. The lowest BCUT2D eigenvalue weighted by Gasteiger charge is -2.33. The molecule has 3 aromatic rings. The lowest BCUT2D eigenvalue weighted by Crippen LogP contribution is -2.50. The highest BCUT2D eigenvalue weighted by atomic mass is 32.2. The second-order valence-electron chi connectivity index (χ2n) is 7.41. The van der Waals surface area contributed by atoms with Crippen LogP contribution in [0.25, 0.3) is 10.9 Å². The van der Waals surface area contributed by atoms with E-state index >= 15 is 0 Å². The summed E-state index contributed by atoms with van der Waals surface area (Å²) in [6.45, 7) is 0.966. The minimum atomic E-state index is -3.96. The number of carbonyl (C=O) groups excluding carboxylic acids is 1. The van der Waals surface area contributed by atoms with E-state index < -0.39 is 16.1 Å². The van der Waals surface area contributed by atoms with Crippen LogP contribution in [0.5, 0.6) is 5.75 Å². The Labute approximate surface area is 190 Å². The van der Waals surface area contributed by atoms with Crippen LogP contribution in [0.15, 0.2) is 59.6 Å². The second kappa shape index (κ2) is 8.94. The Hall–Kier alpha value is -3.86. The summed E-state index contributed by atoms with van der Waals surface area (Å²) < 4.78 is 34.0. The number of sulfonamides is 1. The zero-order valence-corrected chi connectivity index (χ0v) is 18.6. The fraction of sp³-hybridized carbons (Fsp3) is 0.227. The van der Waals surface area contributed by atoms with Crippen LogP contribution in [-0.4, -0.2) is 73.6 Å². The minimum absolute atomic E-state index is 0.0380. The number of hydrogen-bond acceptors (Lipinski definition) is 6. The molecule has 0 atom stereocenters. The molecule has 1 aromatic heterocycles. The van der Waals surface area contributed by atoms with Gasteiger partial charge in [-0.3, -0.25) is 14.5 Å². The van der Waals surface area contributed by atoms with E-state index in [4.69, 9.17) is 9.84 Å². The molecule has 1 aliphatic heterocycles. The fourth-order valence-corrected chi connectivity index (χ4v) is 4.94. The zero-order valence-electron chi connectivity index (χ0n) is 17.8. The van der Waals surface area contributed by atoms with E-state index in [1.165, 1.54) is 42.5 Å². The van der Waals surface area contributed by atoms with E-state index in [1.54, 1.807) is 29.2 Å². The topological polar surface area (TPSA) is 129 Å². The van der Waals surface area contributed by atoms with Crippen molar-refractivity contribution < 1.29 is 27.9 Å². The van der Waals surface area contributed by atoms with Crippen molar-refractivity contribution in [3.63, 3.8) is 0 Å². The van der Waals surface area contributed by atoms with Crippen molar-refractivity contribution in [1.82, 2.24) is 14.8 Å². The second-order valence-corrected chi connectivity index (χ2v) is 9.06. The number of rotatable bonds is 5. The first-order valence-corrected chi connectivity index (χ1v) is 11.6. The molecule has 0 unspecified atom stereocenters. The van der Waals surface area contributed by atoms with Gasteiger partial charge < -0.3 is 19.6 Å². The Balaban J connectivity index is 1.57. The number of para-hydroxylation sites is 1. The number of fused-ring (bicyclic) bond motifs is 1. The van der Waals surface area contributed by atoms with E-state index in [9.17, 15) is 18.0 Å². The number of methoxy groups -OCH3 is 1. The maximum atomic E-state index is 13.0. The highest BCUT2D eigenvalue weighted by Gasteiger charge is 2.27. The van der Waals surface area contributed by atoms with Crippen LogP contribution in [0.2, 0.25) is 0 Å². The molecule has 0 saturated carbocycles. The molecule has 2 amide bonds. The summed E-state index contributed by atoms with van der Waals surface area (Å²) in [5, 5.41) is 9.77. The predicted octanol–water partition coefficient (Wildman–Crippen LogP) is 2.48. The van der Waals surface area contributed by atoms with E-state index in [2.05, 4.69) is 9.71 Å². The Bertz CT molecular complexity index is 1310. The van der Waals surface area contributed by atoms with Gasteiger partial charge in [0.25, 0.3) is 15.9 Å². The maximum Gasteiger partial charge on any atom is 0.407 e. The first-order valence-electron chi connectivity index (χ1n) is 10.1. The molecule has 33 heavy (non-hydrogen) atoms. The predicted molar refractivity (Wildman–Crippen MR) is 121 cm³/mol. The van der Waals surface area contributed by atoms with Crippen molar-refractivity contribution in [3.05, 3.63) is 60.3 Å². The van der Waals surface area contributed by atoms with E-state index in [0.717, 1.165) is 0 Å². The summed E-state index contributed by atoms with van der Waals surface area (Å²) in [7, 11) is -2.57. The van der Waals surface area contributed by atoms with Crippen LogP contribution in [0.4, 0.5) is 10.5 Å². The van der Waals surface area contributed by atoms with Crippen molar-refractivity contribution in [2.45, 2.75) is 4.90 Å². The van der Waals surface area contributed by atoms with Gasteiger partial charge in [-0.25, -0.2) is 13.2 Å². The first-order chi connectivity index (χ1) is 15.8. The van der Waals surface area contributed by atoms with Gasteiger partial charge >= 0.3 is 6.09 Å². The number of amides is 2. The average Bonchev–Trinajstić information content (AvgIpc) is 2.83. The largest absolute Gasteiger partial charge is 0.496 e. The number of anilines is 1.